The van der Waals surface area contributed by atoms with Crippen LogP contribution in [0.3, 0.4) is 0 Å². The lowest BCUT2D eigenvalue weighted by Crippen LogP contribution is -2.22. The highest BCUT2D eigenvalue weighted by Gasteiger charge is 2.04. The van der Waals surface area contributed by atoms with Gasteiger partial charge in [0.15, 0.2) is 5.96 Å². The Bertz CT molecular complexity index is 882. The summed E-state index contributed by atoms with van der Waals surface area (Å²) in [4.78, 5) is 8.33. The molecule has 1 heterocycles. The van der Waals surface area contributed by atoms with E-state index in [1.54, 1.807) is 12.4 Å². The number of unbranched alkanes of at least 4 members (excludes halogenated alkanes) is 3. The lowest BCUT2D eigenvalue weighted by atomic mass is 10.1. The maximum atomic E-state index is 6.04. The van der Waals surface area contributed by atoms with Crippen molar-refractivity contribution in [3.63, 3.8) is 0 Å². The van der Waals surface area contributed by atoms with E-state index >= 15 is 0 Å². The van der Waals surface area contributed by atoms with Crippen LogP contribution in [0.2, 0.25) is 0 Å². The van der Waals surface area contributed by atoms with Crippen LogP contribution in [0, 0.1) is 0 Å². The number of guanidine groups is 1. The Morgan fingerprint density at radius 2 is 1.59 bits per heavy atom. The highest BCUT2D eigenvalue weighted by molar-refractivity contribution is 5.92. The zero-order valence-corrected chi connectivity index (χ0v) is 16.6. The minimum Gasteiger partial charge on any atom is -0.493 e. The minimum atomic E-state index is 0.442. The van der Waals surface area contributed by atoms with Gasteiger partial charge in [0.05, 0.1) is 6.61 Å². The van der Waals surface area contributed by atoms with Crippen molar-refractivity contribution in [1.29, 1.82) is 0 Å². The molecule has 0 fully saturated rings. The molecule has 1 aromatic heterocycles. The van der Waals surface area contributed by atoms with Gasteiger partial charge >= 0.3 is 0 Å². The molecule has 3 rings (SSSR count). The fourth-order valence-electron chi connectivity index (χ4n) is 3.02. The summed E-state index contributed by atoms with van der Waals surface area (Å²) in [5.41, 5.74) is 9.11. The van der Waals surface area contributed by atoms with E-state index < -0.39 is 0 Å². The highest BCUT2D eigenvalue weighted by Crippen LogP contribution is 2.29. The van der Waals surface area contributed by atoms with E-state index in [9.17, 15) is 0 Å². The number of aromatic nitrogens is 1. The number of nitrogens with two attached hydrogens (primary N) is 1. The molecular weight excluding hydrogens is 360 g/mol. The van der Waals surface area contributed by atoms with Gasteiger partial charge in [0.2, 0.25) is 0 Å². The molecule has 0 aliphatic carbocycles. The summed E-state index contributed by atoms with van der Waals surface area (Å²) < 4.78 is 6.04. The first-order valence-corrected chi connectivity index (χ1v) is 10.1. The quantitative estimate of drug-likeness (QED) is 0.287. The molecule has 5 nitrogen and oxygen atoms in total. The third-order valence-electron chi connectivity index (χ3n) is 4.52. The van der Waals surface area contributed by atoms with E-state index in [0.717, 1.165) is 55.8 Å². The summed E-state index contributed by atoms with van der Waals surface area (Å²) in [5.74, 6) is 1.38. The van der Waals surface area contributed by atoms with E-state index in [0.29, 0.717) is 5.96 Å². The molecule has 0 aliphatic heterocycles. The second-order valence-corrected chi connectivity index (χ2v) is 6.75. The van der Waals surface area contributed by atoms with Crippen molar-refractivity contribution >= 4 is 11.6 Å². The normalized spacial score (nSPS) is 11.2. The number of benzene rings is 2. The molecule has 0 saturated heterocycles. The average molecular weight is 389 g/mol. The van der Waals surface area contributed by atoms with E-state index in [1.807, 2.05) is 48.5 Å². The molecule has 0 bridgehead atoms. The predicted octanol–water partition coefficient (Wildman–Crippen LogP) is 5.11. The van der Waals surface area contributed by atoms with Crippen LogP contribution in [0.4, 0.5) is 5.69 Å². The number of pyridine rings is 1. The molecule has 0 unspecified atom stereocenters. The van der Waals surface area contributed by atoms with Crippen molar-refractivity contribution in [3.8, 4) is 16.9 Å². The van der Waals surface area contributed by atoms with Gasteiger partial charge in [-0.05, 0) is 43.0 Å². The Kier molecular flexibility index (Phi) is 8.08. The molecular formula is C24H28N4O. The van der Waals surface area contributed by atoms with Gasteiger partial charge in [-0.15, -0.1) is 0 Å². The topological polar surface area (TPSA) is 72.5 Å². The maximum Gasteiger partial charge on any atom is 0.193 e. The number of para-hydroxylation sites is 1. The van der Waals surface area contributed by atoms with Gasteiger partial charge in [-0.2, -0.15) is 0 Å². The van der Waals surface area contributed by atoms with Gasteiger partial charge in [0, 0.05) is 30.2 Å². The van der Waals surface area contributed by atoms with Gasteiger partial charge in [-0.3, -0.25) is 9.98 Å². The molecule has 3 aromatic rings. The van der Waals surface area contributed by atoms with Crippen LogP contribution in [-0.2, 0) is 0 Å². The first-order chi connectivity index (χ1) is 14.3. The van der Waals surface area contributed by atoms with Crippen molar-refractivity contribution in [2.75, 3.05) is 18.5 Å². The number of nitrogens with one attached hydrogen (secondary N) is 1. The Hall–Kier alpha value is -3.34. The predicted molar refractivity (Wildman–Crippen MR) is 120 cm³/mol. The van der Waals surface area contributed by atoms with Crippen molar-refractivity contribution in [2.45, 2.75) is 25.7 Å². The summed E-state index contributed by atoms with van der Waals surface area (Å²) in [6.45, 7) is 1.44. The van der Waals surface area contributed by atoms with Crippen LogP contribution in [0.5, 0.6) is 5.75 Å². The van der Waals surface area contributed by atoms with Crippen LogP contribution < -0.4 is 15.8 Å². The van der Waals surface area contributed by atoms with Gasteiger partial charge in [0.25, 0.3) is 0 Å². The summed E-state index contributed by atoms with van der Waals surface area (Å²) in [5, 5.41) is 3.06. The number of hydrogen-bond acceptors (Lipinski definition) is 3. The van der Waals surface area contributed by atoms with E-state index in [-0.39, 0.29) is 0 Å². The van der Waals surface area contributed by atoms with Crippen molar-refractivity contribution in [1.82, 2.24) is 4.98 Å². The Labute approximate surface area is 172 Å². The molecule has 0 radical (unpaired) electrons. The van der Waals surface area contributed by atoms with Crippen molar-refractivity contribution < 1.29 is 4.74 Å². The third-order valence-corrected chi connectivity index (χ3v) is 4.52. The molecule has 0 amide bonds. The fraction of sp³-hybridized carbons (Fsp3) is 0.250. The fourth-order valence-corrected chi connectivity index (χ4v) is 3.02. The van der Waals surface area contributed by atoms with E-state index in [2.05, 4.69) is 33.5 Å². The number of aliphatic imine (C=N–C) groups is 1. The number of hydrogen-bond donors (Lipinski definition) is 2. The average Bonchev–Trinajstić information content (AvgIpc) is 2.77. The van der Waals surface area contributed by atoms with Gasteiger partial charge in [-0.1, -0.05) is 55.0 Å². The number of anilines is 1. The van der Waals surface area contributed by atoms with Crippen LogP contribution in [0.1, 0.15) is 25.7 Å². The van der Waals surface area contributed by atoms with Gasteiger partial charge in [-0.25, -0.2) is 0 Å². The standard InChI is InChI=1S/C24H28N4O/c25-24(28-21-14-17-26-18-15-21)27-16-8-1-2-9-19-29-23-13-7-6-12-22(23)20-10-4-3-5-11-20/h3-7,10-15,17-18H,1-2,8-9,16,19H2,(H3,25,26,27,28). The molecule has 150 valence electrons. The molecule has 5 heteroatoms. The SMILES string of the molecule is NC(=NCCCCCCOc1ccccc1-c1ccccc1)Nc1ccncc1. The minimum absolute atomic E-state index is 0.442. The van der Waals surface area contributed by atoms with Crippen LogP contribution in [-0.4, -0.2) is 24.1 Å². The second kappa shape index (κ2) is 11.5. The van der Waals surface area contributed by atoms with Crippen LogP contribution >= 0.6 is 0 Å². The van der Waals surface area contributed by atoms with Gasteiger partial charge < -0.3 is 15.8 Å². The lowest BCUT2D eigenvalue weighted by Gasteiger charge is -2.11. The molecule has 0 saturated carbocycles. The molecule has 29 heavy (non-hydrogen) atoms. The smallest absolute Gasteiger partial charge is 0.193 e. The Balaban J connectivity index is 1.32. The molecule has 0 spiro atoms. The van der Waals surface area contributed by atoms with Crippen molar-refractivity contribution in [3.05, 3.63) is 79.1 Å². The van der Waals surface area contributed by atoms with E-state index in [1.165, 1.54) is 5.56 Å². The zero-order valence-electron chi connectivity index (χ0n) is 16.6. The zero-order chi connectivity index (χ0) is 20.2. The number of rotatable bonds is 10. The summed E-state index contributed by atoms with van der Waals surface area (Å²) in [7, 11) is 0. The molecule has 0 atom stereocenters. The van der Waals surface area contributed by atoms with Crippen LogP contribution in [0.15, 0.2) is 84.1 Å². The third kappa shape index (κ3) is 6.96. The molecule has 0 aliphatic rings. The first-order valence-electron chi connectivity index (χ1n) is 10.1. The molecule has 3 N–H and O–H groups in total. The number of ether oxygens (including phenoxy) is 1. The Morgan fingerprint density at radius 3 is 2.41 bits per heavy atom. The van der Waals surface area contributed by atoms with Gasteiger partial charge in [0.1, 0.15) is 5.75 Å². The maximum absolute atomic E-state index is 6.04. The largest absolute Gasteiger partial charge is 0.493 e. The lowest BCUT2D eigenvalue weighted by molar-refractivity contribution is 0.306. The highest BCUT2D eigenvalue weighted by atomic mass is 16.5. The number of nitrogens with zero attached hydrogens (tertiary/aromatic N) is 2. The monoisotopic (exact) mass is 388 g/mol. The van der Waals surface area contributed by atoms with Crippen LogP contribution in [0.25, 0.3) is 11.1 Å². The summed E-state index contributed by atoms with van der Waals surface area (Å²) in [6, 6.07) is 22.3. The summed E-state index contributed by atoms with van der Waals surface area (Å²) in [6.07, 6.45) is 7.69. The second-order valence-electron chi connectivity index (χ2n) is 6.75. The first kappa shape index (κ1) is 20.4. The summed E-state index contributed by atoms with van der Waals surface area (Å²) >= 11 is 0. The Morgan fingerprint density at radius 1 is 0.862 bits per heavy atom. The van der Waals surface area contributed by atoms with Crippen molar-refractivity contribution in [2.24, 2.45) is 10.7 Å². The van der Waals surface area contributed by atoms with E-state index in [4.69, 9.17) is 10.5 Å². The molecule has 2 aromatic carbocycles.